The van der Waals surface area contributed by atoms with Gasteiger partial charge in [-0.15, -0.1) is 0 Å². The van der Waals surface area contributed by atoms with Crippen molar-refractivity contribution in [1.82, 2.24) is 10.3 Å². The minimum Gasteiger partial charge on any atom is -0.359 e. The number of nitrogens with zero attached hydrogens (tertiary/aromatic N) is 2. The zero-order chi connectivity index (χ0) is 14.5. The average Bonchev–Trinajstić information content (AvgIpc) is 3.21. The SMILES string of the molecule is CCc1cc(CNCC(C)C)cc(N(C)CC2CC2)n1. The van der Waals surface area contributed by atoms with E-state index in [4.69, 9.17) is 4.98 Å². The molecule has 1 fully saturated rings. The highest BCUT2D eigenvalue weighted by Gasteiger charge is 2.23. The van der Waals surface area contributed by atoms with Crippen LogP contribution in [0.25, 0.3) is 0 Å². The number of hydrogen-bond donors (Lipinski definition) is 1. The van der Waals surface area contributed by atoms with E-state index in [9.17, 15) is 0 Å². The van der Waals surface area contributed by atoms with Crippen molar-refractivity contribution in [3.63, 3.8) is 0 Å². The summed E-state index contributed by atoms with van der Waals surface area (Å²) in [4.78, 5) is 7.10. The second-order valence-electron chi connectivity index (χ2n) is 6.53. The number of pyridine rings is 1. The zero-order valence-corrected chi connectivity index (χ0v) is 13.4. The molecular weight excluding hydrogens is 246 g/mol. The van der Waals surface area contributed by atoms with Crippen molar-refractivity contribution in [1.29, 1.82) is 0 Å². The molecule has 1 aromatic rings. The maximum Gasteiger partial charge on any atom is 0.128 e. The third kappa shape index (κ3) is 4.78. The Morgan fingerprint density at radius 2 is 2.10 bits per heavy atom. The van der Waals surface area contributed by atoms with E-state index in [0.717, 1.165) is 37.8 Å². The maximum absolute atomic E-state index is 4.77. The summed E-state index contributed by atoms with van der Waals surface area (Å²) in [5, 5.41) is 3.53. The molecule has 1 N–H and O–H groups in total. The average molecular weight is 275 g/mol. The molecule has 1 aromatic heterocycles. The molecule has 0 aromatic carbocycles. The third-order valence-corrected chi connectivity index (χ3v) is 3.79. The van der Waals surface area contributed by atoms with E-state index in [1.807, 2.05) is 0 Å². The van der Waals surface area contributed by atoms with Gasteiger partial charge in [0.2, 0.25) is 0 Å². The van der Waals surface area contributed by atoms with Crippen LogP contribution in [0.15, 0.2) is 12.1 Å². The fourth-order valence-electron chi connectivity index (χ4n) is 2.40. The molecule has 1 aliphatic carbocycles. The lowest BCUT2D eigenvalue weighted by atomic mass is 10.1. The van der Waals surface area contributed by atoms with Crippen molar-refractivity contribution in [2.24, 2.45) is 11.8 Å². The molecule has 0 atom stereocenters. The van der Waals surface area contributed by atoms with Gasteiger partial charge >= 0.3 is 0 Å². The maximum atomic E-state index is 4.77. The molecule has 0 amide bonds. The molecule has 1 saturated carbocycles. The van der Waals surface area contributed by atoms with E-state index in [-0.39, 0.29) is 0 Å². The normalized spacial score (nSPS) is 14.8. The molecular formula is C17H29N3. The van der Waals surface area contributed by atoms with E-state index in [2.05, 4.69) is 50.2 Å². The van der Waals surface area contributed by atoms with Gasteiger partial charge in [-0.05, 0) is 55.3 Å². The van der Waals surface area contributed by atoms with Crippen LogP contribution in [0, 0.1) is 11.8 Å². The molecule has 2 rings (SSSR count). The predicted molar refractivity (Wildman–Crippen MR) is 86.2 cm³/mol. The Morgan fingerprint density at radius 1 is 1.35 bits per heavy atom. The lowest BCUT2D eigenvalue weighted by Gasteiger charge is -2.20. The summed E-state index contributed by atoms with van der Waals surface area (Å²) < 4.78 is 0. The highest BCUT2D eigenvalue weighted by molar-refractivity contribution is 5.42. The fraction of sp³-hybridized carbons (Fsp3) is 0.706. The summed E-state index contributed by atoms with van der Waals surface area (Å²) >= 11 is 0. The Hall–Kier alpha value is -1.09. The molecule has 0 unspecified atom stereocenters. The van der Waals surface area contributed by atoms with E-state index in [1.165, 1.54) is 24.1 Å². The molecule has 3 nitrogen and oxygen atoms in total. The van der Waals surface area contributed by atoms with Gasteiger partial charge in [-0.1, -0.05) is 20.8 Å². The van der Waals surface area contributed by atoms with Crippen LogP contribution in [0.2, 0.25) is 0 Å². The minimum absolute atomic E-state index is 0.694. The summed E-state index contributed by atoms with van der Waals surface area (Å²) in [5.74, 6) is 2.73. The fourth-order valence-corrected chi connectivity index (χ4v) is 2.40. The molecule has 0 saturated heterocycles. The Kier molecular flexibility index (Phi) is 5.41. The third-order valence-electron chi connectivity index (χ3n) is 3.79. The Labute approximate surface area is 123 Å². The number of rotatable bonds is 8. The smallest absolute Gasteiger partial charge is 0.128 e. The first-order chi connectivity index (χ1) is 9.58. The highest BCUT2D eigenvalue weighted by atomic mass is 15.2. The Morgan fingerprint density at radius 3 is 2.70 bits per heavy atom. The summed E-state index contributed by atoms with van der Waals surface area (Å²) in [6, 6.07) is 4.48. The first-order valence-corrected chi connectivity index (χ1v) is 8.00. The van der Waals surface area contributed by atoms with Gasteiger partial charge in [0, 0.05) is 25.8 Å². The van der Waals surface area contributed by atoms with Gasteiger partial charge in [0.1, 0.15) is 5.82 Å². The van der Waals surface area contributed by atoms with Gasteiger partial charge in [0.05, 0.1) is 0 Å². The summed E-state index contributed by atoms with van der Waals surface area (Å²) in [6.45, 7) is 9.82. The van der Waals surface area contributed by atoms with Crippen LogP contribution in [-0.4, -0.2) is 25.1 Å². The molecule has 0 bridgehead atoms. The van der Waals surface area contributed by atoms with Crippen molar-refractivity contribution < 1.29 is 0 Å². The molecule has 0 aliphatic heterocycles. The predicted octanol–water partition coefficient (Wildman–Crippen LogP) is 3.24. The van der Waals surface area contributed by atoms with E-state index < -0.39 is 0 Å². The van der Waals surface area contributed by atoms with Gasteiger partial charge in [-0.3, -0.25) is 0 Å². The van der Waals surface area contributed by atoms with Crippen LogP contribution < -0.4 is 10.2 Å². The van der Waals surface area contributed by atoms with Crippen LogP contribution in [-0.2, 0) is 13.0 Å². The zero-order valence-electron chi connectivity index (χ0n) is 13.4. The first kappa shape index (κ1) is 15.3. The van der Waals surface area contributed by atoms with Crippen LogP contribution >= 0.6 is 0 Å². The van der Waals surface area contributed by atoms with Crippen molar-refractivity contribution in [2.75, 3.05) is 25.0 Å². The molecule has 3 heteroatoms. The van der Waals surface area contributed by atoms with Gasteiger partial charge in [0.25, 0.3) is 0 Å². The lowest BCUT2D eigenvalue weighted by molar-refractivity contribution is 0.552. The summed E-state index contributed by atoms with van der Waals surface area (Å²) in [5.41, 5.74) is 2.56. The lowest BCUT2D eigenvalue weighted by Crippen LogP contribution is -2.23. The van der Waals surface area contributed by atoms with Crippen LogP contribution in [0.5, 0.6) is 0 Å². The minimum atomic E-state index is 0.694. The van der Waals surface area contributed by atoms with Gasteiger partial charge in [-0.2, -0.15) is 0 Å². The van der Waals surface area contributed by atoms with E-state index >= 15 is 0 Å². The summed E-state index contributed by atoms with van der Waals surface area (Å²) in [7, 11) is 2.17. The van der Waals surface area contributed by atoms with Gasteiger partial charge in [-0.25, -0.2) is 4.98 Å². The quantitative estimate of drug-likeness (QED) is 0.789. The molecule has 1 heterocycles. The van der Waals surface area contributed by atoms with Crippen LogP contribution in [0.3, 0.4) is 0 Å². The monoisotopic (exact) mass is 275 g/mol. The molecule has 20 heavy (non-hydrogen) atoms. The number of hydrogen-bond acceptors (Lipinski definition) is 3. The van der Waals surface area contributed by atoms with Crippen LogP contribution in [0.4, 0.5) is 5.82 Å². The second-order valence-corrected chi connectivity index (χ2v) is 6.53. The second kappa shape index (κ2) is 7.07. The van der Waals surface area contributed by atoms with Crippen molar-refractivity contribution >= 4 is 5.82 Å². The topological polar surface area (TPSA) is 28.2 Å². The molecule has 1 aliphatic rings. The van der Waals surface area contributed by atoms with Crippen LogP contribution in [0.1, 0.15) is 44.9 Å². The molecule has 112 valence electrons. The largest absolute Gasteiger partial charge is 0.359 e. The van der Waals surface area contributed by atoms with E-state index in [0.29, 0.717) is 5.92 Å². The summed E-state index contributed by atoms with van der Waals surface area (Å²) in [6.07, 6.45) is 3.78. The van der Waals surface area contributed by atoms with E-state index in [1.54, 1.807) is 0 Å². The number of aryl methyl sites for hydroxylation is 1. The van der Waals surface area contributed by atoms with Crippen molar-refractivity contribution in [3.05, 3.63) is 23.4 Å². The Balaban J connectivity index is 2.02. The number of nitrogens with one attached hydrogen (secondary N) is 1. The standard InChI is InChI=1S/C17H29N3/c1-5-16-8-15(11-18-10-13(2)3)9-17(19-16)20(4)12-14-6-7-14/h8-9,13-14,18H,5-7,10-12H2,1-4H3. The molecule has 0 spiro atoms. The van der Waals surface area contributed by atoms with Crippen molar-refractivity contribution in [2.45, 2.75) is 46.6 Å². The highest BCUT2D eigenvalue weighted by Crippen LogP contribution is 2.30. The van der Waals surface area contributed by atoms with Gasteiger partial charge in [0.15, 0.2) is 0 Å². The van der Waals surface area contributed by atoms with Crippen molar-refractivity contribution in [3.8, 4) is 0 Å². The number of aromatic nitrogens is 1. The Bertz CT molecular complexity index is 424. The van der Waals surface area contributed by atoms with Gasteiger partial charge < -0.3 is 10.2 Å². The first-order valence-electron chi connectivity index (χ1n) is 8.00. The number of anilines is 1. The molecule has 0 radical (unpaired) electrons.